The molecule has 0 bridgehead atoms. The van der Waals surface area contributed by atoms with Gasteiger partial charge in [0.15, 0.2) is 0 Å². The summed E-state index contributed by atoms with van der Waals surface area (Å²) < 4.78 is 0. The molecule has 0 saturated heterocycles. The van der Waals surface area contributed by atoms with Gasteiger partial charge in [0.2, 0.25) is 0 Å². The lowest BCUT2D eigenvalue weighted by atomic mass is 9.91. The molecule has 2 rings (SSSR count). The molecule has 0 amide bonds. The standard InChI is InChI=1S/C14H23N3/c1-3-11-5-7-12(8-11)14(17-15)13-6-4-10(2)16-9-13/h4,6,9,11-12,14,17H,3,5,7-8,15H2,1-2H3. The first-order valence-electron chi connectivity index (χ1n) is 6.63. The van der Waals surface area contributed by atoms with Crippen LogP contribution >= 0.6 is 0 Å². The second kappa shape index (κ2) is 5.61. The Morgan fingerprint density at radius 1 is 1.47 bits per heavy atom. The van der Waals surface area contributed by atoms with E-state index < -0.39 is 0 Å². The monoisotopic (exact) mass is 233 g/mol. The molecule has 3 heteroatoms. The van der Waals surface area contributed by atoms with E-state index in [2.05, 4.69) is 29.5 Å². The van der Waals surface area contributed by atoms with Crippen molar-refractivity contribution in [3.8, 4) is 0 Å². The number of rotatable bonds is 4. The molecule has 1 fully saturated rings. The maximum atomic E-state index is 5.73. The summed E-state index contributed by atoms with van der Waals surface area (Å²) in [5.41, 5.74) is 5.26. The van der Waals surface area contributed by atoms with Crippen molar-refractivity contribution in [2.24, 2.45) is 17.7 Å². The van der Waals surface area contributed by atoms with Crippen LogP contribution in [0.2, 0.25) is 0 Å². The van der Waals surface area contributed by atoms with Gasteiger partial charge in [0, 0.05) is 11.9 Å². The molecule has 0 aliphatic heterocycles. The Morgan fingerprint density at radius 3 is 2.82 bits per heavy atom. The van der Waals surface area contributed by atoms with Crippen LogP contribution in [-0.4, -0.2) is 4.98 Å². The molecular weight excluding hydrogens is 210 g/mol. The quantitative estimate of drug-likeness (QED) is 0.621. The van der Waals surface area contributed by atoms with Gasteiger partial charge in [0.1, 0.15) is 0 Å². The van der Waals surface area contributed by atoms with Crippen LogP contribution in [0, 0.1) is 18.8 Å². The zero-order chi connectivity index (χ0) is 12.3. The fourth-order valence-corrected chi connectivity index (χ4v) is 2.95. The first-order chi connectivity index (χ1) is 8.24. The van der Waals surface area contributed by atoms with E-state index in [0.717, 1.165) is 11.6 Å². The molecule has 1 aromatic heterocycles. The molecule has 1 saturated carbocycles. The molecule has 1 aliphatic carbocycles. The number of hydrogen-bond acceptors (Lipinski definition) is 3. The first-order valence-corrected chi connectivity index (χ1v) is 6.63. The topological polar surface area (TPSA) is 50.9 Å². The van der Waals surface area contributed by atoms with Crippen molar-refractivity contribution < 1.29 is 0 Å². The third-order valence-electron chi connectivity index (χ3n) is 4.10. The average Bonchev–Trinajstić information content (AvgIpc) is 2.81. The van der Waals surface area contributed by atoms with Gasteiger partial charge in [0.25, 0.3) is 0 Å². The van der Waals surface area contributed by atoms with Crippen molar-refractivity contribution >= 4 is 0 Å². The Bertz CT molecular complexity index is 347. The second-order valence-electron chi connectivity index (χ2n) is 5.22. The molecule has 17 heavy (non-hydrogen) atoms. The number of aryl methyl sites for hydroxylation is 1. The van der Waals surface area contributed by atoms with Gasteiger partial charge >= 0.3 is 0 Å². The van der Waals surface area contributed by atoms with Crippen LogP contribution in [0.15, 0.2) is 18.3 Å². The first kappa shape index (κ1) is 12.5. The third kappa shape index (κ3) is 2.85. The maximum Gasteiger partial charge on any atom is 0.0503 e. The number of nitrogens with one attached hydrogen (secondary N) is 1. The molecule has 94 valence electrons. The average molecular weight is 233 g/mol. The van der Waals surface area contributed by atoms with Gasteiger partial charge in [-0.3, -0.25) is 16.3 Å². The Labute approximate surface area is 104 Å². The summed E-state index contributed by atoms with van der Waals surface area (Å²) in [4.78, 5) is 4.36. The van der Waals surface area contributed by atoms with Crippen LogP contribution < -0.4 is 11.3 Å². The van der Waals surface area contributed by atoms with Gasteiger partial charge in [-0.1, -0.05) is 25.8 Å². The summed E-state index contributed by atoms with van der Waals surface area (Å²) in [5, 5.41) is 0. The zero-order valence-corrected chi connectivity index (χ0v) is 10.8. The Hall–Kier alpha value is -0.930. The third-order valence-corrected chi connectivity index (χ3v) is 4.10. The summed E-state index contributed by atoms with van der Waals surface area (Å²) in [6.07, 6.45) is 7.16. The van der Waals surface area contributed by atoms with Crippen LogP contribution in [0.3, 0.4) is 0 Å². The van der Waals surface area contributed by atoms with Gasteiger partial charge in [-0.25, -0.2) is 0 Å². The lowest BCUT2D eigenvalue weighted by molar-refractivity contribution is 0.357. The number of pyridine rings is 1. The van der Waals surface area contributed by atoms with Crippen LogP contribution in [-0.2, 0) is 0 Å². The summed E-state index contributed by atoms with van der Waals surface area (Å²) in [6, 6.07) is 4.47. The Balaban J connectivity index is 2.08. The highest BCUT2D eigenvalue weighted by atomic mass is 15.2. The van der Waals surface area contributed by atoms with E-state index >= 15 is 0 Å². The summed E-state index contributed by atoms with van der Waals surface area (Å²) in [7, 11) is 0. The molecular formula is C14H23N3. The summed E-state index contributed by atoms with van der Waals surface area (Å²) in [6.45, 7) is 4.29. The van der Waals surface area contributed by atoms with Gasteiger partial charge in [-0.05, 0) is 43.2 Å². The van der Waals surface area contributed by atoms with Crippen molar-refractivity contribution in [1.29, 1.82) is 0 Å². The lowest BCUT2D eigenvalue weighted by Crippen LogP contribution is -2.32. The SMILES string of the molecule is CCC1CCC(C(NN)c2ccc(C)nc2)C1. The summed E-state index contributed by atoms with van der Waals surface area (Å²) in [5.74, 6) is 7.28. The molecule has 3 unspecified atom stereocenters. The van der Waals surface area contributed by atoms with E-state index in [0.29, 0.717) is 5.92 Å². The molecule has 1 heterocycles. The van der Waals surface area contributed by atoms with E-state index in [-0.39, 0.29) is 6.04 Å². The van der Waals surface area contributed by atoms with Crippen molar-refractivity contribution in [3.05, 3.63) is 29.6 Å². The predicted octanol–water partition coefficient (Wildman–Crippen LogP) is 2.72. The lowest BCUT2D eigenvalue weighted by Gasteiger charge is -2.23. The van der Waals surface area contributed by atoms with Crippen molar-refractivity contribution in [2.45, 2.75) is 45.6 Å². The maximum absolute atomic E-state index is 5.73. The van der Waals surface area contributed by atoms with E-state index in [1.807, 2.05) is 13.1 Å². The minimum absolute atomic E-state index is 0.264. The predicted molar refractivity (Wildman–Crippen MR) is 70.2 cm³/mol. The van der Waals surface area contributed by atoms with Crippen LogP contribution in [0.5, 0.6) is 0 Å². The second-order valence-corrected chi connectivity index (χ2v) is 5.22. The molecule has 0 aromatic carbocycles. The Morgan fingerprint density at radius 2 is 2.29 bits per heavy atom. The molecule has 1 aromatic rings. The molecule has 0 spiro atoms. The highest BCUT2D eigenvalue weighted by Gasteiger charge is 2.30. The molecule has 3 atom stereocenters. The fourth-order valence-electron chi connectivity index (χ4n) is 2.95. The number of aromatic nitrogens is 1. The fraction of sp³-hybridized carbons (Fsp3) is 0.643. The van der Waals surface area contributed by atoms with Crippen molar-refractivity contribution in [2.75, 3.05) is 0 Å². The number of hydrogen-bond donors (Lipinski definition) is 2. The Kier molecular flexibility index (Phi) is 4.13. The van der Waals surface area contributed by atoms with Gasteiger partial charge in [-0.2, -0.15) is 0 Å². The molecule has 3 N–H and O–H groups in total. The largest absolute Gasteiger partial charge is 0.271 e. The normalized spacial score (nSPS) is 26.1. The van der Waals surface area contributed by atoms with E-state index in [9.17, 15) is 0 Å². The van der Waals surface area contributed by atoms with Crippen molar-refractivity contribution in [3.63, 3.8) is 0 Å². The van der Waals surface area contributed by atoms with Gasteiger partial charge < -0.3 is 0 Å². The summed E-state index contributed by atoms with van der Waals surface area (Å²) >= 11 is 0. The molecule has 1 aliphatic rings. The van der Waals surface area contributed by atoms with Crippen LogP contribution in [0.25, 0.3) is 0 Å². The van der Waals surface area contributed by atoms with Crippen LogP contribution in [0.4, 0.5) is 0 Å². The van der Waals surface area contributed by atoms with E-state index in [4.69, 9.17) is 5.84 Å². The number of nitrogens with zero attached hydrogens (tertiary/aromatic N) is 1. The highest BCUT2D eigenvalue weighted by Crippen LogP contribution is 2.39. The van der Waals surface area contributed by atoms with Gasteiger partial charge in [-0.15, -0.1) is 0 Å². The van der Waals surface area contributed by atoms with Gasteiger partial charge in [0.05, 0.1) is 6.04 Å². The smallest absolute Gasteiger partial charge is 0.0503 e. The van der Waals surface area contributed by atoms with Crippen LogP contribution in [0.1, 0.15) is 49.9 Å². The van der Waals surface area contributed by atoms with Crippen molar-refractivity contribution in [1.82, 2.24) is 10.4 Å². The minimum atomic E-state index is 0.264. The molecule has 0 radical (unpaired) electrons. The minimum Gasteiger partial charge on any atom is -0.271 e. The molecule has 3 nitrogen and oxygen atoms in total. The number of hydrazine groups is 1. The van der Waals surface area contributed by atoms with E-state index in [1.54, 1.807) is 0 Å². The number of nitrogens with two attached hydrogens (primary N) is 1. The highest BCUT2D eigenvalue weighted by molar-refractivity contribution is 5.18. The van der Waals surface area contributed by atoms with E-state index in [1.165, 1.54) is 31.2 Å². The zero-order valence-electron chi connectivity index (χ0n) is 10.8.